The fourth-order valence-corrected chi connectivity index (χ4v) is 4.28. The average molecular weight is 318 g/mol. The third kappa shape index (κ3) is 1.88. The second-order valence-electron chi connectivity index (χ2n) is 4.34. The van der Waals surface area contributed by atoms with Crippen molar-refractivity contribution in [3.8, 4) is 5.75 Å². The minimum atomic E-state index is -3.38. The van der Waals surface area contributed by atoms with Crippen molar-refractivity contribution in [3.63, 3.8) is 0 Å². The van der Waals surface area contributed by atoms with Gasteiger partial charge < -0.3 is 4.74 Å². The van der Waals surface area contributed by atoms with Crippen molar-refractivity contribution in [1.82, 2.24) is 4.31 Å². The third-order valence-corrected chi connectivity index (χ3v) is 5.56. The minimum absolute atomic E-state index is 0.0194. The van der Waals surface area contributed by atoms with E-state index < -0.39 is 10.0 Å². The quantitative estimate of drug-likeness (QED) is 0.735. The maximum atomic E-state index is 12.4. The normalized spacial score (nSPS) is 29.9. The maximum Gasteiger partial charge on any atom is 0.246 e. The number of sulfonamides is 1. The van der Waals surface area contributed by atoms with Crippen molar-refractivity contribution in [2.24, 2.45) is 0 Å². The largest absolute Gasteiger partial charge is 0.488 e. The van der Waals surface area contributed by atoms with Crippen molar-refractivity contribution in [2.75, 3.05) is 13.1 Å². The average Bonchev–Trinajstić information content (AvgIpc) is 2.34. The molecule has 0 spiro atoms. The zero-order valence-corrected chi connectivity index (χ0v) is 11.5. The standard InChI is InChI=1S/C11H12BrNO3S/c12-8-3-4-11-10(6-8)16-9-2-1-5-13(7-9)17(11,14)15/h3-4,6,9H,1-2,5,7H2. The molecule has 92 valence electrons. The Balaban J connectivity index is 2.20. The Bertz CT molecular complexity index is 558. The Kier molecular flexibility index (Phi) is 2.68. The molecule has 0 radical (unpaired) electrons. The zero-order chi connectivity index (χ0) is 12.0. The molecule has 1 fully saturated rings. The molecule has 1 aromatic rings. The monoisotopic (exact) mass is 317 g/mol. The first kappa shape index (κ1) is 11.5. The highest BCUT2D eigenvalue weighted by molar-refractivity contribution is 9.10. The van der Waals surface area contributed by atoms with Crippen molar-refractivity contribution in [3.05, 3.63) is 22.7 Å². The number of piperidine rings is 1. The summed E-state index contributed by atoms with van der Waals surface area (Å²) < 4.78 is 32.9. The summed E-state index contributed by atoms with van der Waals surface area (Å²) in [5.74, 6) is 0.466. The van der Waals surface area contributed by atoms with E-state index in [1.807, 2.05) is 0 Å². The van der Waals surface area contributed by atoms with Gasteiger partial charge in [-0.05, 0) is 31.0 Å². The second kappa shape index (κ2) is 3.96. The van der Waals surface area contributed by atoms with Gasteiger partial charge in [0.05, 0.1) is 6.54 Å². The molecular formula is C11H12BrNO3S. The molecular weight excluding hydrogens is 306 g/mol. The predicted octanol–water partition coefficient (Wildman–Crippen LogP) is 1.99. The number of hydrogen-bond donors (Lipinski definition) is 0. The molecule has 2 bridgehead atoms. The molecule has 3 rings (SSSR count). The number of benzene rings is 1. The summed E-state index contributed by atoms with van der Waals surface area (Å²) >= 11 is 3.34. The van der Waals surface area contributed by atoms with Gasteiger partial charge in [0, 0.05) is 11.0 Å². The molecule has 0 amide bonds. The molecule has 1 saturated heterocycles. The summed E-state index contributed by atoms with van der Waals surface area (Å²) in [4.78, 5) is 0.283. The number of nitrogens with zero attached hydrogens (tertiary/aromatic N) is 1. The van der Waals surface area contributed by atoms with Crippen LogP contribution in [0, 0.1) is 0 Å². The van der Waals surface area contributed by atoms with Crippen molar-refractivity contribution < 1.29 is 13.2 Å². The van der Waals surface area contributed by atoms with E-state index in [1.165, 1.54) is 4.31 Å². The molecule has 2 unspecified atom stereocenters. The van der Waals surface area contributed by atoms with Gasteiger partial charge in [-0.2, -0.15) is 4.31 Å². The number of hydrogen-bond acceptors (Lipinski definition) is 3. The fourth-order valence-electron chi connectivity index (χ4n) is 2.33. The number of fused-ring (bicyclic) bond motifs is 3. The van der Waals surface area contributed by atoms with Gasteiger partial charge in [-0.1, -0.05) is 15.9 Å². The van der Waals surface area contributed by atoms with Gasteiger partial charge in [-0.3, -0.25) is 0 Å². The molecule has 0 aromatic heterocycles. The summed E-state index contributed by atoms with van der Waals surface area (Å²) in [6.07, 6.45) is 1.76. The Morgan fingerprint density at radius 2 is 2.24 bits per heavy atom. The van der Waals surface area contributed by atoms with E-state index in [0.29, 0.717) is 18.8 Å². The molecule has 2 aliphatic heterocycles. The number of ether oxygens (including phenoxy) is 1. The highest BCUT2D eigenvalue weighted by Crippen LogP contribution is 2.35. The predicted molar refractivity (Wildman–Crippen MR) is 66.6 cm³/mol. The molecule has 1 aromatic carbocycles. The van der Waals surface area contributed by atoms with Crippen LogP contribution < -0.4 is 4.74 Å². The lowest BCUT2D eigenvalue weighted by Gasteiger charge is -2.27. The molecule has 17 heavy (non-hydrogen) atoms. The summed E-state index contributed by atoms with van der Waals surface area (Å²) in [6.45, 7) is 1.06. The minimum Gasteiger partial charge on any atom is -0.488 e. The Morgan fingerprint density at radius 3 is 3.06 bits per heavy atom. The highest BCUT2D eigenvalue weighted by Gasteiger charge is 2.36. The van der Waals surface area contributed by atoms with Crippen LogP contribution in [-0.4, -0.2) is 31.9 Å². The lowest BCUT2D eigenvalue weighted by Crippen LogP contribution is -2.41. The van der Waals surface area contributed by atoms with Crippen LogP contribution in [0.25, 0.3) is 0 Å². The topological polar surface area (TPSA) is 46.6 Å². The first-order valence-electron chi connectivity index (χ1n) is 5.54. The molecule has 2 atom stereocenters. The summed E-state index contributed by atoms with van der Waals surface area (Å²) in [5.41, 5.74) is 0. The lowest BCUT2D eigenvalue weighted by molar-refractivity contribution is 0.135. The van der Waals surface area contributed by atoms with Gasteiger partial charge in [0.2, 0.25) is 10.0 Å². The fraction of sp³-hybridized carbons (Fsp3) is 0.455. The Morgan fingerprint density at radius 1 is 1.41 bits per heavy atom. The van der Waals surface area contributed by atoms with Gasteiger partial charge in [0.1, 0.15) is 16.7 Å². The third-order valence-electron chi connectivity index (χ3n) is 3.16. The van der Waals surface area contributed by atoms with E-state index in [0.717, 1.165) is 17.3 Å². The van der Waals surface area contributed by atoms with Crippen LogP contribution in [0.1, 0.15) is 12.8 Å². The van der Waals surface area contributed by atoms with E-state index in [9.17, 15) is 8.42 Å². The highest BCUT2D eigenvalue weighted by atomic mass is 79.9. The molecule has 2 heterocycles. The SMILES string of the molecule is O=S1(=O)c2ccc(Br)cc2OC2CCCN1C2. The van der Waals surface area contributed by atoms with Crippen LogP contribution >= 0.6 is 15.9 Å². The van der Waals surface area contributed by atoms with E-state index in [2.05, 4.69) is 15.9 Å². The van der Waals surface area contributed by atoms with Gasteiger partial charge >= 0.3 is 0 Å². The van der Waals surface area contributed by atoms with Gasteiger partial charge in [0.15, 0.2) is 0 Å². The number of rotatable bonds is 0. The Labute approximate surface area is 109 Å². The van der Waals surface area contributed by atoms with Gasteiger partial charge in [0.25, 0.3) is 0 Å². The first-order chi connectivity index (χ1) is 8.07. The van der Waals surface area contributed by atoms with Gasteiger partial charge in [-0.15, -0.1) is 0 Å². The number of halogens is 1. The van der Waals surface area contributed by atoms with Crippen LogP contribution in [0.5, 0.6) is 5.75 Å². The molecule has 0 N–H and O–H groups in total. The van der Waals surface area contributed by atoms with Crippen LogP contribution in [0.15, 0.2) is 27.6 Å². The van der Waals surface area contributed by atoms with E-state index in [4.69, 9.17) is 4.74 Å². The molecule has 6 heteroatoms. The van der Waals surface area contributed by atoms with Crippen LogP contribution in [0.4, 0.5) is 0 Å². The molecule has 4 nitrogen and oxygen atoms in total. The van der Waals surface area contributed by atoms with Crippen molar-refractivity contribution in [2.45, 2.75) is 23.8 Å². The molecule has 0 aliphatic carbocycles. The first-order valence-corrected chi connectivity index (χ1v) is 7.77. The summed E-state index contributed by atoms with van der Waals surface area (Å²) in [7, 11) is -3.38. The van der Waals surface area contributed by atoms with E-state index in [1.54, 1.807) is 18.2 Å². The molecule has 2 aliphatic rings. The summed E-state index contributed by atoms with van der Waals surface area (Å²) in [6, 6.07) is 5.07. The zero-order valence-electron chi connectivity index (χ0n) is 9.10. The van der Waals surface area contributed by atoms with Crippen LogP contribution in [-0.2, 0) is 10.0 Å². The molecule has 0 saturated carbocycles. The Hall–Kier alpha value is -0.590. The van der Waals surface area contributed by atoms with Crippen LogP contribution in [0.2, 0.25) is 0 Å². The van der Waals surface area contributed by atoms with Gasteiger partial charge in [-0.25, -0.2) is 8.42 Å². The smallest absolute Gasteiger partial charge is 0.246 e. The van der Waals surface area contributed by atoms with E-state index in [-0.39, 0.29) is 11.0 Å². The second-order valence-corrected chi connectivity index (χ2v) is 7.16. The summed E-state index contributed by atoms with van der Waals surface area (Å²) in [5, 5.41) is 0. The maximum absolute atomic E-state index is 12.4. The van der Waals surface area contributed by atoms with Crippen molar-refractivity contribution in [1.29, 1.82) is 0 Å². The van der Waals surface area contributed by atoms with Crippen molar-refractivity contribution >= 4 is 26.0 Å². The van der Waals surface area contributed by atoms with E-state index >= 15 is 0 Å². The lowest BCUT2D eigenvalue weighted by atomic mass is 10.1. The van der Waals surface area contributed by atoms with Crippen LogP contribution in [0.3, 0.4) is 0 Å².